The second-order valence-electron chi connectivity index (χ2n) is 7.26. The standard InChI is InChI=1S/C19H24N4O5S/c24-18(20-13-15-5-4-12-27-15)19-21-17(22-28-19)14-6-8-16(9-7-14)29(25,26)23-10-2-1-3-11-23/h6-9,15H,1-5,10-13H2,(H,20,24)/t15-/m1/s1. The van der Waals surface area contributed by atoms with Gasteiger partial charge < -0.3 is 14.6 Å². The Morgan fingerprint density at radius 2 is 1.90 bits per heavy atom. The molecule has 2 aromatic rings. The van der Waals surface area contributed by atoms with Gasteiger partial charge in [0.1, 0.15) is 0 Å². The van der Waals surface area contributed by atoms with Gasteiger partial charge in [-0.05, 0) is 49.9 Å². The van der Waals surface area contributed by atoms with Crippen LogP contribution < -0.4 is 5.32 Å². The van der Waals surface area contributed by atoms with Crippen molar-refractivity contribution < 1.29 is 22.5 Å². The number of rotatable bonds is 6. The van der Waals surface area contributed by atoms with Crippen molar-refractivity contribution in [3.63, 3.8) is 0 Å². The Morgan fingerprint density at radius 1 is 1.14 bits per heavy atom. The van der Waals surface area contributed by atoms with Crippen LogP contribution in [0, 0.1) is 0 Å². The molecular formula is C19H24N4O5S. The predicted octanol–water partition coefficient (Wildman–Crippen LogP) is 1.82. The molecule has 10 heteroatoms. The highest BCUT2D eigenvalue weighted by Gasteiger charge is 2.26. The van der Waals surface area contributed by atoms with Gasteiger partial charge in [0, 0.05) is 31.8 Å². The highest BCUT2D eigenvalue weighted by molar-refractivity contribution is 7.89. The third-order valence-electron chi connectivity index (χ3n) is 5.20. The molecule has 156 valence electrons. The van der Waals surface area contributed by atoms with Crippen molar-refractivity contribution in [3.8, 4) is 11.4 Å². The SMILES string of the molecule is O=C(NC[C@H]1CCCO1)c1nc(-c2ccc(S(=O)(=O)N3CCCCC3)cc2)no1. The molecule has 2 fully saturated rings. The van der Waals surface area contributed by atoms with Crippen molar-refractivity contribution in [1.82, 2.24) is 19.8 Å². The van der Waals surface area contributed by atoms with E-state index in [4.69, 9.17) is 9.26 Å². The van der Waals surface area contributed by atoms with Crippen LogP contribution in [-0.4, -0.2) is 61.1 Å². The number of ether oxygens (including phenoxy) is 1. The smallest absolute Gasteiger partial charge is 0.316 e. The number of benzene rings is 1. The molecule has 3 heterocycles. The number of nitrogens with zero attached hydrogens (tertiary/aromatic N) is 3. The molecule has 2 saturated heterocycles. The van der Waals surface area contributed by atoms with Gasteiger partial charge >= 0.3 is 11.8 Å². The van der Waals surface area contributed by atoms with E-state index in [0.717, 1.165) is 32.1 Å². The molecule has 1 atom stereocenters. The maximum atomic E-state index is 12.7. The summed E-state index contributed by atoms with van der Waals surface area (Å²) >= 11 is 0. The number of sulfonamides is 1. The summed E-state index contributed by atoms with van der Waals surface area (Å²) in [5, 5.41) is 6.56. The molecule has 4 rings (SSSR count). The van der Waals surface area contributed by atoms with E-state index in [1.165, 1.54) is 16.4 Å². The van der Waals surface area contributed by atoms with Crippen LogP contribution in [0.1, 0.15) is 42.8 Å². The van der Waals surface area contributed by atoms with E-state index >= 15 is 0 Å². The van der Waals surface area contributed by atoms with Crippen molar-refractivity contribution >= 4 is 15.9 Å². The fourth-order valence-corrected chi connectivity index (χ4v) is 5.07. The Morgan fingerprint density at radius 3 is 2.59 bits per heavy atom. The van der Waals surface area contributed by atoms with Gasteiger partial charge in [0.25, 0.3) is 0 Å². The Bertz CT molecular complexity index is 945. The van der Waals surface area contributed by atoms with E-state index in [1.807, 2.05) is 0 Å². The van der Waals surface area contributed by atoms with Crippen LogP contribution in [-0.2, 0) is 14.8 Å². The fraction of sp³-hybridized carbons (Fsp3) is 0.526. The van der Waals surface area contributed by atoms with E-state index in [1.54, 1.807) is 12.1 Å². The largest absolute Gasteiger partial charge is 0.376 e. The molecule has 9 nitrogen and oxygen atoms in total. The average Bonchev–Trinajstić information content (AvgIpc) is 3.45. The number of nitrogens with one attached hydrogen (secondary N) is 1. The topological polar surface area (TPSA) is 115 Å². The van der Waals surface area contributed by atoms with E-state index in [2.05, 4.69) is 15.5 Å². The first-order chi connectivity index (χ1) is 14.0. The van der Waals surface area contributed by atoms with Gasteiger partial charge in [-0.15, -0.1) is 0 Å². The third-order valence-corrected chi connectivity index (χ3v) is 7.11. The first kappa shape index (κ1) is 20.0. The zero-order valence-electron chi connectivity index (χ0n) is 16.0. The van der Waals surface area contributed by atoms with Gasteiger partial charge in [-0.25, -0.2) is 8.42 Å². The molecular weight excluding hydrogens is 396 g/mol. The second kappa shape index (κ2) is 8.60. The predicted molar refractivity (Wildman–Crippen MR) is 104 cm³/mol. The molecule has 1 aromatic heterocycles. The van der Waals surface area contributed by atoms with Crippen molar-refractivity contribution in [2.24, 2.45) is 0 Å². The lowest BCUT2D eigenvalue weighted by molar-refractivity contribution is 0.0822. The van der Waals surface area contributed by atoms with Crippen LogP contribution >= 0.6 is 0 Å². The van der Waals surface area contributed by atoms with E-state index in [9.17, 15) is 13.2 Å². The van der Waals surface area contributed by atoms with Crippen LogP contribution in [0.3, 0.4) is 0 Å². The number of amides is 1. The molecule has 0 radical (unpaired) electrons. The van der Waals surface area contributed by atoms with Crippen LogP contribution in [0.2, 0.25) is 0 Å². The molecule has 2 aliphatic heterocycles. The monoisotopic (exact) mass is 420 g/mol. The lowest BCUT2D eigenvalue weighted by atomic mass is 10.2. The fourth-order valence-electron chi connectivity index (χ4n) is 3.55. The van der Waals surface area contributed by atoms with Gasteiger partial charge in [-0.1, -0.05) is 11.6 Å². The summed E-state index contributed by atoms with van der Waals surface area (Å²) < 4.78 is 37.5. The molecule has 1 amide bonds. The van der Waals surface area contributed by atoms with Crippen LogP contribution in [0.5, 0.6) is 0 Å². The number of hydrogen-bond donors (Lipinski definition) is 1. The number of carbonyl (C=O) groups is 1. The minimum Gasteiger partial charge on any atom is -0.376 e. The first-order valence-electron chi connectivity index (χ1n) is 9.88. The highest BCUT2D eigenvalue weighted by atomic mass is 32.2. The summed E-state index contributed by atoms with van der Waals surface area (Å²) in [6, 6.07) is 6.31. The summed E-state index contributed by atoms with van der Waals surface area (Å²) in [7, 11) is -3.49. The number of aromatic nitrogens is 2. The van der Waals surface area contributed by atoms with Crippen molar-refractivity contribution in [2.75, 3.05) is 26.2 Å². The van der Waals surface area contributed by atoms with E-state index < -0.39 is 15.9 Å². The maximum absolute atomic E-state index is 12.7. The average molecular weight is 420 g/mol. The van der Waals surface area contributed by atoms with Gasteiger partial charge in [0.05, 0.1) is 11.0 Å². The molecule has 0 bridgehead atoms. The zero-order valence-corrected chi connectivity index (χ0v) is 16.9. The maximum Gasteiger partial charge on any atom is 0.316 e. The van der Waals surface area contributed by atoms with Crippen LogP contribution in [0.4, 0.5) is 0 Å². The van der Waals surface area contributed by atoms with Crippen molar-refractivity contribution in [1.29, 1.82) is 0 Å². The molecule has 0 aliphatic carbocycles. The van der Waals surface area contributed by atoms with Crippen LogP contribution in [0.25, 0.3) is 11.4 Å². The van der Waals surface area contributed by atoms with Gasteiger partial charge in [0.15, 0.2) is 0 Å². The Kier molecular flexibility index (Phi) is 5.93. The number of carbonyl (C=O) groups excluding carboxylic acids is 1. The number of hydrogen-bond acceptors (Lipinski definition) is 7. The third kappa shape index (κ3) is 4.49. The first-order valence-corrected chi connectivity index (χ1v) is 11.3. The summed E-state index contributed by atoms with van der Waals surface area (Å²) in [6.45, 7) is 2.23. The van der Waals surface area contributed by atoms with E-state index in [-0.39, 0.29) is 22.7 Å². The van der Waals surface area contributed by atoms with Crippen LogP contribution in [0.15, 0.2) is 33.7 Å². The molecule has 2 aliphatic rings. The molecule has 1 N–H and O–H groups in total. The second-order valence-corrected chi connectivity index (χ2v) is 9.20. The molecule has 0 unspecified atom stereocenters. The molecule has 0 spiro atoms. The summed E-state index contributed by atoms with van der Waals surface area (Å²) in [5.74, 6) is -0.360. The summed E-state index contributed by atoms with van der Waals surface area (Å²) in [4.78, 5) is 16.5. The van der Waals surface area contributed by atoms with Crippen molar-refractivity contribution in [3.05, 3.63) is 30.2 Å². The minimum absolute atomic E-state index is 0.0238. The lowest BCUT2D eigenvalue weighted by Crippen LogP contribution is -2.35. The highest BCUT2D eigenvalue weighted by Crippen LogP contribution is 2.23. The summed E-state index contributed by atoms with van der Waals surface area (Å²) in [6.07, 6.45) is 4.77. The summed E-state index contributed by atoms with van der Waals surface area (Å²) in [5.41, 5.74) is 0.574. The normalized spacial score (nSPS) is 20.6. The van der Waals surface area contributed by atoms with Gasteiger partial charge in [-0.3, -0.25) is 4.79 Å². The Labute approximate surface area is 169 Å². The lowest BCUT2D eigenvalue weighted by Gasteiger charge is -2.25. The molecule has 0 saturated carbocycles. The van der Waals surface area contributed by atoms with Crippen molar-refractivity contribution in [2.45, 2.75) is 43.1 Å². The minimum atomic E-state index is -3.49. The van der Waals surface area contributed by atoms with Gasteiger partial charge in [0.2, 0.25) is 15.8 Å². The van der Waals surface area contributed by atoms with E-state index in [0.29, 0.717) is 31.8 Å². The molecule has 1 aromatic carbocycles. The Hall–Kier alpha value is -2.30. The zero-order chi connectivity index (χ0) is 20.3. The quantitative estimate of drug-likeness (QED) is 0.758. The van der Waals surface area contributed by atoms with Gasteiger partial charge in [-0.2, -0.15) is 9.29 Å². The number of piperidine rings is 1. The molecule has 29 heavy (non-hydrogen) atoms. The Balaban J connectivity index is 1.42.